The van der Waals surface area contributed by atoms with Crippen molar-refractivity contribution >= 4 is 35.4 Å². The summed E-state index contributed by atoms with van der Waals surface area (Å²) in [4.78, 5) is 30.3. The average molecular weight is 498 g/mol. The largest absolute Gasteiger partial charge is 0.452 e. The van der Waals surface area contributed by atoms with Crippen molar-refractivity contribution in [2.24, 2.45) is 11.0 Å². The summed E-state index contributed by atoms with van der Waals surface area (Å²) < 4.78 is 5.44. The van der Waals surface area contributed by atoms with Gasteiger partial charge in [0.1, 0.15) is 5.03 Å². The molecule has 2 aliphatic rings. The first-order valence-electron chi connectivity index (χ1n) is 12.0. The highest BCUT2D eigenvalue weighted by Gasteiger charge is 2.43. The molecule has 1 fully saturated rings. The molecular weight excluding hydrogens is 470 g/mol. The maximum atomic E-state index is 13.4. The van der Waals surface area contributed by atoms with Crippen LogP contribution in [0.5, 0.6) is 0 Å². The maximum absolute atomic E-state index is 13.4. The Labute approximate surface area is 215 Å². The molecule has 0 bridgehead atoms. The monoisotopic (exact) mass is 497 g/mol. The lowest BCUT2D eigenvalue weighted by Crippen LogP contribution is -2.34. The highest BCUT2D eigenvalue weighted by molar-refractivity contribution is 7.98. The van der Waals surface area contributed by atoms with Crippen molar-refractivity contribution in [1.82, 2.24) is 9.99 Å². The minimum Gasteiger partial charge on any atom is -0.452 e. The second kappa shape index (κ2) is 10.9. The highest BCUT2D eigenvalue weighted by Crippen LogP contribution is 2.44. The summed E-state index contributed by atoms with van der Waals surface area (Å²) in [5.41, 5.74) is 4.61. The molecule has 0 radical (unpaired) electrons. The van der Waals surface area contributed by atoms with Crippen LogP contribution < -0.4 is 0 Å². The lowest BCUT2D eigenvalue weighted by atomic mass is 9.77. The number of fused-ring (bicyclic) bond motifs is 1. The van der Waals surface area contributed by atoms with Crippen molar-refractivity contribution in [3.05, 3.63) is 101 Å². The van der Waals surface area contributed by atoms with Crippen molar-refractivity contribution in [2.75, 3.05) is 12.9 Å². The van der Waals surface area contributed by atoms with Crippen molar-refractivity contribution < 1.29 is 14.3 Å². The van der Waals surface area contributed by atoms with Gasteiger partial charge in [0.15, 0.2) is 6.61 Å². The van der Waals surface area contributed by atoms with Gasteiger partial charge in [-0.05, 0) is 60.4 Å². The molecule has 0 saturated heterocycles. The first kappa shape index (κ1) is 24.0. The van der Waals surface area contributed by atoms with Gasteiger partial charge in [0.2, 0.25) is 0 Å². The number of hydrogen-bond donors (Lipinski definition) is 0. The molecule has 1 aliphatic heterocycles. The Morgan fingerprint density at radius 3 is 2.56 bits per heavy atom. The molecule has 5 rings (SSSR count). The van der Waals surface area contributed by atoms with Gasteiger partial charge in [-0.3, -0.25) is 4.79 Å². The van der Waals surface area contributed by atoms with Crippen molar-refractivity contribution in [3.63, 3.8) is 0 Å². The number of hydrogen-bond acceptors (Lipinski definition) is 6. The zero-order valence-corrected chi connectivity index (χ0v) is 20.9. The number of nitrogens with zero attached hydrogens (tertiary/aromatic N) is 3. The van der Waals surface area contributed by atoms with Gasteiger partial charge >= 0.3 is 5.97 Å². The summed E-state index contributed by atoms with van der Waals surface area (Å²) in [5.74, 6) is -0.809. The smallest absolute Gasteiger partial charge is 0.341 e. The molecule has 1 aromatic heterocycles. The van der Waals surface area contributed by atoms with Crippen LogP contribution in [0.1, 0.15) is 46.8 Å². The number of hydrazone groups is 1. The number of aromatic nitrogens is 1. The van der Waals surface area contributed by atoms with Gasteiger partial charge in [0.05, 0.1) is 17.3 Å². The fourth-order valence-electron chi connectivity index (χ4n) is 4.92. The Morgan fingerprint density at radius 1 is 1.06 bits per heavy atom. The summed E-state index contributed by atoms with van der Waals surface area (Å²) in [7, 11) is 0. The molecule has 6 nitrogen and oxygen atoms in total. The van der Waals surface area contributed by atoms with Crippen molar-refractivity contribution in [1.29, 1.82) is 0 Å². The molecule has 7 heteroatoms. The van der Waals surface area contributed by atoms with Crippen LogP contribution in [0.3, 0.4) is 0 Å². The van der Waals surface area contributed by atoms with Gasteiger partial charge in [-0.25, -0.2) is 14.8 Å². The molecule has 0 N–H and O–H groups in total. The van der Waals surface area contributed by atoms with E-state index in [-0.39, 0.29) is 24.5 Å². The Kier molecular flexibility index (Phi) is 7.28. The molecule has 3 aromatic rings. The van der Waals surface area contributed by atoms with Gasteiger partial charge in [0.25, 0.3) is 5.91 Å². The summed E-state index contributed by atoms with van der Waals surface area (Å²) in [6, 6.07) is 23.3. The van der Waals surface area contributed by atoms with E-state index >= 15 is 0 Å². The highest BCUT2D eigenvalue weighted by atomic mass is 32.2. The third kappa shape index (κ3) is 4.97. The van der Waals surface area contributed by atoms with E-state index < -0.39 is 5.97 Å². The van der Waals surface area contributed by atoms with E-state index in [4.69, 9.17) is 9.84 Å². The van der Waals surface area contributed by atoms with Crippen LogP contribution in [0.2, 0.25) is 0 Å². The molecule has 2 aromatic carbocycles. The molecule has 2 atom stereocenters. The average Bonchev–Trinajstić information content (AvgIpc) is 3.33. The molecule has 36 heavy (non-hydrogen) atoms. The quantitative estimate of drug-likeness (QED) is 0.319. The van der Waals surface area contributed by atoms with Crippen LogP contribution in [0.15, 0.2) is 94.7 Å². The number of pyridine rings is 1. The minimum absolute atomic E-state index is 0.0946. The number of amides is 1. The van der Waals surface area contributed by atoms with Crippen LogP contribution in [0.25, 0.3) is 6.08 Å². The van der Waals surface area contributed by atoms with Gasteiger partial charge in [-0.1, -0.05) is 60.7 Å². The number of carbonyl (C=O) groups excluding carboxylic acids is 2. The topological polar surface area (TPSA) is 71.9 Å². The number of ether oxygens (including phenoxy) is 1. The number of allylic oxidation sites excluding steroid dienone is 1. The third-order valence-corrected chi connectivity index (χ3v) is 7.26. The normalized spacial score (nSPS) is 20.1. The molecule has 182 valence electrons. The molecule has 1 saturated carbocycles. The second-order valence-corrected chi connectivity index (χ2v) is 9.59. The van der Waals surface area contributed by atoms with Crippen LogP contribution in [-0.4, -0.2) is 40.4 Å². The first-order chi connectivity index (χ1) is 17.7. The van der Waals surface area contributed by atoms with Crippen molar-refractivity contribution in [3.8, 4) is 0 Å². The van der Waals surface area contributed by atoms with Crippen LogP contribution >= 0.6 is 11.8 Å². The van der Waals surface area contributed by atoms with Gasteiger partial charge < -0.3 is 4.74 Å². The Hall–Kier alpha value is -3.71. The predicted molar refractivity (Wildman–Crippen MR) is 142 cm³/mol. The molecule has 0 spiro atoms. The number of carbonyl (C=O) groups is 2. The summed E-state index contributed by atoms with van der Waals surface area (Å²) >= 11 is 1.36. The number of benzene rings is 2. The van der Waals surface area contributed by atoms with Crippen LogP contribution in [0, 0.1) is 5.92 Å². The SMILES string of the molecule is CSc1ncccc1C(=O)OCC(=O)N1N=C2C(=Cc3ccccc3)CCCC2C1c1ccccc1. The zero-order valence-electron chi connectivity index (χ0n) is 20.0. The predicted octanol–water partition coefficient (Wildman–Crippen LogP) is 5.78. The lowest BCUT2D eigenvalue weighted by Gasteiger charge is -2.29. The van der Waals surface area contributed by atoms with Gasteiger partial charge in [0, 0.05) is 12.1 Å². The third-order valence-electron chi connectivity index (χ3n) is 6.55. The van der Waals surface area contributed by atoms with Crippen molar-refractivity contribution in [2.45, 2.75) is 30.3 Å². The molecule has 2 unspecified atom stereocenters. The fraction of sp³-hybridized carbons (Fsp3) is 0.241. The summed E-state index contributed by atoms with van der Waals surface area (Å²) in [5, 5.41) is 6.96. The van der Waals surface area contributed by atoms with E-state index in [2.05, 4.69) is 23.2 Å². The molecular formula is C29H27N3O3S. The number of rotatable bonds is 6. The van der Waals surface area contributed by atoms with E-state index in [9.17, 15) is 9.59 Å². The van der Waals surface area contributed by atoms with E-state index in [0.29, 0.717) is 10.6 Å². The molecule has 2 heterocycles. The lowest BCUT2D eigenvalue weighted by molar-refractivity contribution is -0.137. The second-order valence-electron chi connectivity index (χ2n) is 8.79. The Balaban J connectivity index is 1.42. The van der Waals surface area contributed by atoms with Gasteiger partial charge in [-0.2, -0.15) is 5.10 Å². The Bertz CT molecular complexity index is 1310. The summed E-state index contributed by atoms with van der Waals surface area (Å²) in [6.07, 6.45) is 8.54. The van der Waals surface area contributed by atoms with E-state index in [1.54, 1.807) is 18.3 Å². The van der Waals surface area contributed by atoms with Crippen LogP contribution in [-0.2, 0) is 9.53 Å². The minimum atomic E-state index is -0.564. The van der Waals surface area contributed by atoms with E-state index in [1.165, 1.54) is 16.8 Å². The summed E-state index contributed by atoms with van der Waals surface area (Å²) in [6.45, 7) is -0.383. The van der Waals surface area contributed by atoms with Gasteiger partial charge in [-0.15, -0.1) is 11.8 Å². The zero-order chi connectivity index (χ0) is 24.9. The maximum Gasteiger partial charge on any atom is 0.341 e. The van der Waals surface area contributed by atoms with E-state index in [0.717, 1.165) is 41.7 Å². The number of thioether (sulfide) groups is 1. The molecule has 1 amide bonds. The Morgan fingerprint density at radius 2 is 1.81 bits per heavy atom. The molecule has 1 aliphatic carbocycles. The fourth-order valence-corrected chi connectivity index (χ4v) is 5.46. The first-order valence-corrected chi connectivity index (χ1v) is 13.3. The number of esters is 1. The van der Waals surface area contributed by atoms with Crippen LogP contribution in [0.4, 0.5) is 0 Å². The van der Waals surface area contributed by atoms with E-state index in [1.807, 2.05) is 54.8 Å². The standard InChI is InChI=1S/C29H27N3O3S/c1-36-28-24(16-9-17-30-28)29(34)35-19-25(33)32-27(21-12-6-3-7-13-21)23-15-8-14-22(26(23)31-32)18-20-10-4-2-5-11-20/h2-7,9-13,16-18,23,27H,8,14-15,19H2,1H3.